The van der Waals surface area contributed by atoms with Gasteiger partial charge in [0.1, 0.15) is 0 Å². The number of carbonyl (C=O) groups excluding carboxylic acids is 1. The summed E-state index contributed by atoms with van der Waals surface area (Å²) in [7, 11) is 0. The van der Waals surface area contributed by atoms with Crippen LogP contribution >= 0.6 is 0 Å². The molecule has 1 aromatic rings. The van der Waals surface area contributed by atoms with Crippen LogP contribution in [0.5, 0.6) is 0 Å². The van der Waals surface area contributed by atoms with Crippen LogP contribution in [0, 0.1) is 11.8 Å². The summed E-state index contributed by atoms with van der Waals surface area (Å²) in [5, 5.41) is 0. The van der Waals surface area contributed by atoms with E-state index in [4.69, 9.17) is 4.74 Å². The predicted octanol–water partition coefficient (Wildman–Crippen LogP) is 2.18. The van der Waals surface area contributed by atoms with E-state index >= 15 is 0 Å². The van der Waals surface area contributed by atoms with Gasteiger partial charge in [0.15, 0.2) is 0 Å². The van der Waals surface area contributed by atoms with Gasteiger partial charge in [-0.1, -0.05) is 13.3 Å². The Kier molecular flexibility index (Phi) is 6.21. The Morgan fingerprint density at radius 2 is 1.96 bits per heavy atom. The van der Waals surface area contributed by atoms with Crippen molar-refractivity contribution in [3.8, 4) is 0 Å². The van der Waals surface area contributed by atoms with Gasteiger partial charge >= 0.3 is 0 Å². The van der Waals surface area contributed by atoms with Crippen LogP contribution in [-0.2, 0) is 16.1 Å². The van der Waals surface area contributed by atoms with Gasteiger partial charge < -0.3 is 9.64 Å². The first-order valence-corrected chi connectivity index (χ1v) is 9.23. The molecule has 0 unspecified atom stereocenters. The molecule has 2 atom stereocenters. The third kappa shape index (κ3) is 4.54. The smallest absolute Gasteiger partial charge is 0.223 e. The Hall–Kier alpha value is -1.46. The molecule has 1 amide bonds. The first-order chi connectivity index (χ1) is 11.8. The molecule has 3 rings (SSSR count). The molecule has 0 saturated carbocycles. The zero-order chi connectivity index (χ0) is 16.8. The van der Waals surface area contributed by atoms with Crippen molar-refractivity contribution in [3.05, 3.63) is 30.1 Å². The fourth-order valence-corrected chi connectivity index (χ4v) is 3.94. The molecule has 132 valence electrons. The third-order valence-corrected chi connectivity index (χ3v) is 5.46. The van der Waals surface area contributed by atoms with Gasteiger partial charge in [0.05, 0.1) is 13.2 Å². The van der Waals surface area contributed by atoms with Crippen molar-refractivity contribution in [1.29, 1.82) is 0 Å². The van der Waals surface area contributed by atoms with Crippen LogP contribution in [0.4, 0.5) is 0 Å². The van der Waals surface area contributed by atoms with Crippen LogP contribution in [0.3, 0.4) is 0 Å². The number of likely N-dealkylation sites (tertiary alicyclic amines) is 1. The summed E-state index contributed by atoms with van der Waals surface area (Å²) in [6.07, 6.45) is 6.70. The van der Waals surface area contributed by atoms with Crippen molar-refractivity contribution in [2.24, 2.45) is 11.8 Å². The van der Waals surface area contributed by atoms with E-state index in [0.29, 0.717) is 37.4 Å². The number of carbonyl (C=O) groups is 1. The topological polar surface area (TPSA) is 45.7 Å². The normalized spacial score (nSPS) is 25.6. The van der Waals surface area contributed by atoms with E-state index in [1.807, 2.05) is 17.3 Å². The number of nitrogens with zero attached hydrogens (tertiary/aromatic N) is 3. The summed E-state index contributed by atoms with van der Waals surface area (Å²) in [4.78, 5) is 21.2. The third-order valence-electron chi connectivity index (χ3n) is 5.46. The monoisotopic (exact) mass is 331 g/mol. The van der Waals surface area contributed by atoms with Crippen molar-refractivity contribution in [1.82, 2.24) is 14.8 Å². The van der Waals surface area contributed by atoms with E-state index < -0.39 is 0 Å². The maximum Gasteiger partial charge on any atom is 0.223 e. The molecular weight excluding hydrogens is 302 g/mol. The molecular formula is C19H29N3O2. The Balaban J connectivity index is 1.52. The molecule has 2 aliphatic rings. The van der Waals surface area contributed by atoms with Crippen LogP contribution in [0.25, 0.3) is 0 Å². The molecule has 0 aromatic carbocycles. The van der Waals surface area contributed by atoms with Crippen molar-refractivity contribution < 1.29 is 9.53 Å². The van der Waals surface area contributed by atoms with Gasteiger partial charge in [-0.15, -0.1) is 0 Å². The van der Waals surface area contributed by atoms with E-state index in [1.54, 1.807) is 0 Å². The standard InChI is InChI=1S/C19H29N3O2/c1-2-17-15-21(14-16-3-6-20-7-4-16)8-5-18(17)13-19(23)22-9-11-24-12-10-22/h3-4,6-7,17-18H,2,5,8-15H2,1H3/t17-,18+/m1/s1. The van der Waals surface area contributed by atoms with Crippen molar-refractivity contribution in [3.63, 3.8) is 0 Å². The summed E-state index contributed by atoms with van der Waals surface area (Å²) in [5.41, 5.74) is 1.32. The van der Waals surface area contributed by atoms with Gasteiger partial charge in [-0.25, -0.2) is 0 Å². The molecule has 0 radical (unpaired) electrons. The zero-order valence-electron chi connectivity index (χ0n) is 14.7. The lowest BCUT2D eigenvalue weighted by Gasteiger charge is -2.39. The second-order valence-corrected chi connectivity index (χ2v) is 7.00. The van der Waals surface area contributed by atoms with E-state index in [0.717, 1.165) is 45.6 Å². The Morgan fingerprint density at radius 3 is 2.67 bits per heavy atom. The maximum absolute atomic E-state index is 12.6. The first kappa shape index (κ1) is 17.4. The number of hydrogen-bond acceptors (Lipinski definition) is 4. The minimum absolute atomic E-state index is 0.323. The number of pyridine rings is 1. The van der Waals surface area contributed by atoms with Crippen molar-refractivity contribution >= 4 is 5.91 Å². The van der Waals surface area contributed by atoms with Crippen LogP contribution < -0.4 is 0 Å². The molecule has 5 heteroatoms. The van der Waals surface area contributed by atoms with Crippen LogP contribution in [0.2, 0.25) is 0 Å². The lowest BCUT2D eigenvalue weighted by Crippen LogP contribution is -2.44. The molecule has 2 saturated heterocycles. The number of piperidine rings is 1. The van der Waals surface area contributed by atoms with E-state index in [-0.39, 0.29) is 0 Å². The van der Waals surface area contributed by atoms with Gasteiger partial charge in [0, 0.05) is 45.0 Å². The molecule has 1 aromatic heterocycles. The van der Waals surface area contributed by atoms with Crippen LogP contribution in [-0.4, -0.2) is 60.1 Å². The lowest BCUT2D eigenvalue weighted by atomic mass is 9.81. The number of rotatable bonds is 5. The number of amides is 1. The molecule has 5 nitrogen and oxygen atoms in total. The van der Waals surface area contributed by atoms with Gasteiger partial charge in [0.2, 0.25) is 5.91 Å². The molecule has 3 heterocycles. The number of aromatic nitrogens is 1. The Bertz CT molecular complexity index is 517. The van der Waals surface area contributed by atoms with E-state index in [1.165, 1.54) is 5.56 Å². The van der Waals surface area contributed by atoms with Gasteiger partial charge in [0.25, 0.3) is 0 Å². The highest BCUT2D eigenvalue weighted by Crippen LogP contribution is 2.30. The minimum atomic E-state index is 0.323. The van der Waals surface area contributed by atoms with Gasteiger partial charge in [-0.2, -0.15) is 0 Å². The predicted molar refractivity (Wildman–Crippen MR) is 93.4 cm³/mol. The average Bonchev–Trinajstić information content (AvgIpc) is 2.64. The van der Waals surface area contributed by atoms with E-state index in [9.17, 15) is 4.79 Å². The summed E-state index contributed by atoms with van der Waals surface area (Å²) in [6.45, 7) is 8.32. The summed E-state index contributed by atoms with van der Waals surface area (Å²) in [6, 6.07) is 4.18. The molecule has 0 N–H and O–H groups in total. The molecule has 2 aliphatic heterocycles. The van der Waals surface area contributed by atoms with Crippen molar-refractivity contribution in [2.75, 3.05) is 39.4 Å². The van der Waals surface area contributed by atoms with Crippen molar-refractivity contribution in [2.45, 2.75) is 32.7 Å². The SMILES string of the molecule is CC[C@@H]1CN(Cc2ccncc2)CC[C@H]1CC(=O)N1CCOCC1. The number of ether oxygens (including phenoxy) is 1. The highest BCUT2D eigenvalue weighted by Gasteiger charge is 2.31. The molecule has 24 heavy (non-hydrogen) atoms. The van der Waals surface area contributed by atoms with Crippen LogP contribution in [0.15, 0.2) is 24.5 Å². The first-order valence-electron chi connectivity index (χ1n) is 9.23. The Labute approximate surface area is 145 Å². The van der Waals surface area contributed by atoms with Gasteiger partial charge in [-0.05, 0) is 42.5 Å². The molecule has 0 spiro atoms. The fraction of sp³-hybridized carbons (Fsp3) is 0.684. The number of hydrogen-bond donors (Lipinski definition) is 0. The molecule has 2 fully saturated rings. The summed E-state index contributed by atoms with van der Waals surface area (Å²) >= 11 is 0. The Morgan fingerprint density at radius 1 is 1.21 bits per heavy atom. The second kappa shape index (κ2) is 8.58. The summed E-state index contributed by atoms with van der Waals surface area (Å²) < 4.78 is 5.35. The quantitative estimate of drug-likeness (QED) is 0.830. The minimum Gasteiger partial charge on any atom is -0.378 e. The average molecular weight is 331 g/mol. The second-order valence-electron chi connectivity index (χ2n) is 7.00. The van der Waals surface area contributed by atoms with Crippen LogP contribution in [0.1, 0.15) is 31.7 Å². The molecule has 0 aliphatic carbocycles. The van der Waals surface area contributed by atoms with E-state index in [2.05, 4.69) is 28.9 Å². The molecule has 0 bridgehead atoms. The maximum atomic E-state index is 12.6. The largest absolute Gasteiger partial charge is 0.378 e. The highest BCUT2D eigenvalue weighted by atomic mass is 16.5. The lowest BCUT2D eigenvalue weighted by molar-refractivity contribution is -0.137. The zero-order valence-corrected chi connectivity index (χ0v) is 14.7. The summed E-state index contributed by atoms with van der Waals surface area (Å²) in [5.74, 6) is 1.47. The highest BCUT2D eigenvalue weighted by molar-refractivity contribution is 5.76. The number of morpholine rings is 1. The van der Waals surface area contributed by atoms with Gasteiger partial charge in [-0.3, -0.25) is 14.7 Å². The fourth-order valence-electron chi connectivity index (χ4n) is 3.94.